The first-order chi connectivity index (χ1) is 11.6. The largest absolute Gasteiger partial charge is 0.454 e. The van der Waals surface area contributed by atoms with E-state index < -0.39 is 0 Å². The Morgan fingerprint density at radius 3 is 2.25 bits per heavy atom. The summed E-state index contributed by atoms with van der Waals surface area (Å²) in [6.45, 7) is 0.167. The fourth-order valence-electron chi connectivity index (χ4n) is 2.35. The molecule has 0 radical (unpaired) electrons. The van der Waals surface area contributed by atoms with E-state index in [0.717, 1.165) is 10.8 Å². The van der Waals surface area contributed by atoms with E-state index in [-0.39, 0.29) is 6.54 Å². The van der Waals surface area contributed by atoms with Crippen LogP contribution in [0.4, 0.5) is 0 Å². The quantitative estimate of drug-likeness (QED) is 0.265. The Hall–Kier alpha value is -2.10. The number of hydrogen-bond donors (Lipinski definition) is 0. The van der Waals surface area contributed by atoms with Crippen molar-refractivity contribution in [2.24, 2.45) is 5.11 Å². The summed E-state index contributed by atoms with van der Waals surface area (Å²) in [5, 5.41) is 6.55. The average molecular weight is 379 g/mol. The lowest BCUT2D eigenvalue weighted by Crippen LogP contribution is -1.91. The van der Waals surface area contributed by atoms with Crippen LogP contribution in [-0.4, -0.2) is 0 Å². The Morgan fingerprint density at radius 2 is 1.58 bits per heavy atom. The standard InChI is InChI=1S/C17H10Cl3N3O/c18-13-5-6-16(12-4-2-1-3-11(12)13)24-17-14(19)7-10(8-15(17)20)9-22-23-21/h1-8H,9H2. The summed E-state index contributed by atoms with van der Waals surface area (Å²) in [5.74, 6) is 0.942. The molecule has 24 heavy (non-hydrogen) atoms. The zero-order valence-corrected chi connectivity index (χ0v) is 14.5. The zero-order chi connectivity index (χ0) is 17.1. The summed E-state index contributed by atoms with van der Waals surface area (Å²) < 4.78 is 5.94. The van der Waals surface area contributed by atoms with Gasteiger partial charge in [0, 0.05) is 20.7 Å². The van der Waals surface area contributed by atoms with Crippen molar-refractivity contribution < 1.29 is 4.74 Å². The Bertz CT molecular complexity index is 945. The number of hydrogen-bond acceptors (Lipinski definition) is 2. The van der Waals surface area contributed by atoms with Crippen LogP contribution in [0.2, 0.25) is 15.1 Å². The lowest BCUT2D eigenvalue weighted by molar-refractivity contribution is 0.488. The maximum atomic E-state index is 8.40. The second-order valence-corrected chi connectivity index (χ2v) is 6.19. The van der Waals surface area contributed by atoms with Crippen LogP contribution in [0.25, 0.3) is 21.2 Å². The predicted octanol–water partition coefficient (Wildman–Crippen LogP) is 7.40. The van der Waals surface area contributed by atoms with Gasteiger partial charge in [-0.3, -0.25) is 0 Å². The molecule has 0 fully saturated rings. The number of nitrogens with zero attached hydrogens (tertiary/aromatic N) is 3. The van der Waals surface area contributed by atoms with Crippen molar-refractivity contribution in [2.45, 2.75) is 6.54 Å². The van der Waals surface area contributed by atoms with Crippen LogP contribution in [0.15, 0.2) is 53.6 Å². The minimum absolute atomic E-state index is 0.167. The van der Waals surface area contributed by atoms with Crippen molar-refractivity contribution in [2.75, 3.05) is 0 Å². The highest BCUT2D eigenvalue weighted by atomic mass is 35.5. The first-order valence-corrected chi connectivity index (χ1v) is 8.07. The third-order valence-corrected chi connectivity index (χ3v) is 4.31. The topological polar surface area (TPSA) is 58.0 Å². The van der Waals surface area contributed by atoms with Crippen molar-refractivity contribution in [3.8, 4) is 11.5 Å². The zero-order valence-electron chi connectivity index (χ0n) is 12.2. The van der Waals surface area contributed by atoms with Gasteiger partial charge >= 0.3 is 0 Å². The van der Waals surface area contributed by atoms with Crippen molar-refractivity contribution in [3.63, 3.8) is 0 Å². The molecule has 4 nitrogen and oxygen atoms in total. The van der Waals surface area contributed by atoms with Crippen LogP contribution < -0.4 is 4.74 Å². The van der Waals surface area contributed by atoms with Gasteiger partial charge in [0.25, 0.3) is 0 Å². The molecule has 0 atom stereocenters. The molecule has 0 aromatic heterocycles. The summed E-state index contributed by atoms with van der Waals surface area (Å²) in [4.78, 5) is 2.72. The monoisotopic (exact) mass is 377 g/mol. The number of halogens is 3. The third-order valence-electron chi connectivity index (χ3n) is 3.42. The van der Waals surface area contributed by atoms with E-state index in [1.807, 2.05) is 24.3 Å². The van der Waals surface area contributed by atoms with Gasteiger partial charge in [0.15, 0.2) is 5.75 Å². The van der Waals surface area contributed by atoms with E-state index in [4.69, 9.17) is 45.1 Å². The van der Waals surface area contributed by atoms with Crippen molar-refractivity contribution >= 4 is 45.6 Å². The Balaban J connectivity index is 2.03. The highest BCUT2D eigenvalue weighted by Crippen LogP contribution is 2.40. The minimum atomic E-state index is 0.167. The van der Waals surface area contributed by atoms with Gasteiger partial charge in [-0.2, -0.15) is 0 Å². The van der Waals surface area contributed by atoms with Crippen molar-refractivity contribution in [1.29, 1.82) is 0 Å². The molecule has 3 aromatic carbocycles. The van der Waals surface area contributed by atoms with Crippen molar-refractivity contribution in [1.82, 2.24) is 0 Å². The minimum Gasteiger partial charge on any atom is -0.454 e. The third kappa shape index (κ3) is 3.37. The van der Waals surface area contributed by atoms with Crippen LogP contribution in [-0.2, 0) is 6.54 Å². The Morgan fingerprint density at radius 1 is 0.917 bits per heavy atom. The molecular formula is C17H10Cl3N3O. The number of benzene rings is 3. The second-order valence-electron chi connectivity index (χ2n) is 4.97. The van der Waals surface area contributed by atoms with E-state index >= 15 is 0 Å². The lowest BCUT2D eigenvalue weighted by Gasteiger charge is -2.13. The van der Waals surface area contributed by atoms with E-state index in [0.29, 0.717) is 32.1 Å². The molecule has 0 amide bonds. The molecule has 0 unspecified atom stereocenters. The molecule has 0 saturated heterocycles. The van der Waals surface area contributed by atoms with Gasteiger partial charge in [-0.05, 0) is 35.4 Å². The van der Waals surface area contributed by atoms with E-state index in [1.54, 1.807) is 24.3 Å². The van der Waals surface area contributed by atoms with Gasteiger partial charge in [-0.25, -0.2) is 0 Å². The molecule has 3 aromatic rings. The summed E-state index contributed by atoms with van der Waals surface area (Å²) in [5.41, 5.74) is 9.10. The van der Waals surface area contributed by atoms with E-state index in [9.17, 15) is 0 Å². The fraction of sp³-hybridized carbons (Fsp3) is 0.0588. The summed E-state index contributed by atoms with van der Waals surface area (Å²) in [6, 6.07) is 14.5. The molecule has 120 valence electrons. The second kappa shape index (κ2) is 7.20. The molecule has 0 bridgehead atoms. The van der Waals surface area contributed by atoms with Crippen LogP contribution >= 0.6 is 34.8 Å². The number of fused-ring (bicyclic) bond motifs is 1. The molecule has 0 aliphatic heterocycles. The molecule has 0 aliphatic carbocycles. The summed E-state index contributed by atoms with van der Waals surface area (Å²) in [6.07, 6.45) is 0. The molecule has 0 saturated carbocycles. The highest BCUT2D eigenvalue weighted by Gasteiger charge is 2.13. The first kappa shape index (κ1) is 16.7. The molecule has 3 rings (SSSR count). The molecule has 0 aliphatic rings. The maximum absolute atomic E-state index is 8.40. The summed E-state index contributed by atoms with van der Waals surface area (Å²) in [7, 11) is 0. The smallest absolute Gasteiger partial charge is 0.164 e. The SMILES string of the molecule is [N-]=[N+]=NCc1cc(Cl)c(Oc2ccc(Cl)c3ccccc23)c(Cl)c1. The van der Waals surface area contributed by atoms with Crippen LogP contribution in [0.1, 0.15) is 5.56 Å². The molecular weight excluding hydrogens is 369 g/mol. The Labute approximate surface area is 153 Å². The van der Waals surface area contributed by atoms with Crippen LogP contribution in [0.5, 0.6) is 11.5 Å². The lowest BCUT2D eigenvalue weighted by atomic mass is 10.1. The van der Waals surface area contributed by atoms with E-state index in [1.165, 1.54) is 0 Å². The fourth-order valence-corrected chi connectivity index (χ4v) is 3.19. The molecule has 0 heterocycles. The first-order valence-electron chi connectivity index (χ1n) is 6.94. The summed E-state index contributed by atoms with van der Waals surface area (Å²) >= 11 is 18.8. The molecule has 0 N–H and O–H groups in total. The van der Waals surface area contributed by atoms with Gasteiger partial charge in [0.05, 0.1) is 16.6 Å². The highest BCUT2D eigenvalue weighted by molar-refractivity contribution is 6.37. The Kier molecular flexibility index (Phi) is 5.03. The maximum Gasteiger partial charge on any atom is 0.164 e. The van der Waals surface area contributed by atoms with Gasteiger partial charge in [-0.1, -0.05) is 64.2 Å². The number of azide groups is 1. The average Bonchev–Trinajstić information content (AvgIpc) is 2.58. The number of ether oxygens (including phenoxy) is 1. The number of rotatable bonds is 4. The van der Waals surface area contributed by atoms with Gasteiger partial charge in [0.2, 0.25) is 0 Å². The van der Waals surface area contributed by atoms with Gasteiger partial charge < -0.3 is 4.74 Å². The van der Waals surface area contributed by atoms with Crippen LogP contribution in [0, 0.1) is 0 Å². The normalized spacial score (nSPS) is 10.5. The predicted molar refractivity (Wildman–Crippen MR) is 98.3 cm³/mol. The van der Waals surface area contributed by atoms with Crippen molar-refractivity contribution in [3.05, 3.63) is 79.6 Å². The van der Waals surface area contributed by atoms with E-state index in [2.05, 4.69) is 10.0 Å². The molecule has 0 spiro atoms. The molecule has 7 heteroatoms. The van der Waals surface area contributed by atoms with Gasteiger partial charge in [-0.15, -0.1) is 0 Å². The van der Waals surface area contributed by atoms with Gasteiger partial charge in [0.1, 0.15) is 5.75 Å². The van der Waals surface area contributed by atoms with Crippen LogP contribution in [0.3, 0.4) is 0 Å².